The van der Waals surface area contributed by atoms with Crippen LogP contribution in [-0.4, -0.2) is 15.0 Å². The second-order valence-corrected chi connectivity index (χ2v) is 15.0. The number of rotatable bonds is 6. The van der Waals surface area contributed by atoms with Crippen LogP contribution in [0.2, 0.25) is 0 Å². The van der Waals surface area contributed by atoms with Gasteiger partial charge in [0.2, 0.25) is 0 Å². The van der Waals surface area contributed by atoms with Gasteiger partial charge in [0.05, 0.1) is 0 Å². The van der Waals surface area contributed by atoms with Crippen LogP contribution in [0, 0.1) is 0 Å². The first-order valence-corrected chi connectivity index (χ1v) is 19.5. The Morgan fingerprint density at radius 3 is 1.62 bits per heavy atom. The molecule has 0 N–H and O–H groups in total. The van der Waals surface area contributed by atoms with Gasteiger partial charge in [-0.1, -0.05) is 158 Å². The quantitative estimate of drug-likeness (QED) is 0.171. The Labute approximate surface area is 327 Å². The molecule has 11 rings (SSSR count). The molecule has 0 fully saturated rings. The van der Waals surface area contributed by atoms with Gasteiger partial charge in [0.25, 0.3) is 0 Å². The standard InChI is InChI=1S/C51H31N3OS/c1-4-13-32(14-5-1)34-23-25-36(26-24-34)50-52-49(35-17-8-3-9-18-35)53-51(54-50)42-21-12-20-40-39-28-27-37(31-46(39)56-48(40)42)43-29-38(33-15-6-2-7-16-33)30-45-47(43)41-19-10-11-22-44(41)55-45/h1-31H. The van der Waals surface area contributed by atoms with E-state index in [-0.39, 0.29) is 0 Å². The maximum absolute atomic E-state index is 6.47. The van der Waals surface area contributed by atoms with E-state index in [2.05, 4.69) is 152 Å². The molecule has 0 amide bonds. The van der Waals surface area contributed by atoms with Gasteiger partial charge >= 0.3 is 0 Å². The van der Waals surface area contributed by atoms with Gasteiger partial charge in [-0.2, -0.15) is 0 Å². The molecule has 0 saturated heterocycles. The molecule has 0 aliphatic heterocycles. The third-order valence-corrected chi connectivity index (χ3v) is 11.8. The number of aromatic nitrogens is 3. The topological polar surface area (TPSA) is 51.8 Å². The van der Waals surface area contributed by atoms with E-state index in [1.165, 1.54) is 21.0 Å². The zero-order chi connectivity index (χ0) is 37.0. The number of benzene rings is 8. The number of nitrogens with zero attached hydrogens (tertiary/aromatic N) is 3. The minimum Gasteiger partial charge on any atom is -0.456 e. The second-order valence-electron chi connectivity index (χ2n) is 14.0. The highest BCUT2D eigenvalue weighted by molar-refractivity contribution is 7.26. The second kappa shape index (κ2) is 13.3. The summed E-state index contributed by atoms with van der Waals surface area (Å²) in [5.74, 6) is 1.94. The fraction of sp³-hybridized carbons (Fsp3) is 0. The van der Waals surface area contributed by atoms with E-state index in [1.54, 1.807) is 11.3 Å². The van der Waals surface area contributed by atoms with Crippen molar-refractivity contribution in [2.24, 2.45) is 0 Å². The van der Waals surface area contributed by atoms with Crippen LogP contribution in [0.3, 0.4) is 0 Å². The average molecular weight is 734 g/mol. The highest BCUT2D eigenvalue weighted by atomic mass is 32.1. The molecular weight excluding hydrogens is 703 g/mol. The molecule has 4 nitrogen and oxygen atoms in total. The van der Waals surface area contributed by atoms with E-state index < -0.39 is 0 Å². The molecule has 0 aliphatic rings. The summed E-state index contributed by atoms with van der Waals surface area (Å²) in [6.45, 7) is 0. The molecule has 0 atom stereocenters. The Bertz CT molecular complexity index is 3230. The minimum atomic E-state index is 0.642. The predicted molar refractivity (Wildman–Crippen MR) is 233 cm³/mol. The van der Waals surface area contributed by atoms with E-state index >= 15 is 0 Å². The molecule has 0 aliphatic carbocycles. The SMILES string of the molecule is c1ccc(-c2ccc(-c3nc(-c4ccccc4)nc(-c4cccc5c4sc4cc(-c6cc(-c7ccccc7)cc7oc8ccccc8c67)ccc45)n3)cc2)cc1. The van der Waals surface area contributed by atoms with Crippen LogP contribution in [0.5, 0.6) is 0 Å². The molecule has 8 aromatic carbocycles. The van der Waals surface area contributed by atoms with Gasteiger partial charge < -0.3 is 4.42 Å². The smallest absolute Gasteiger partial charge is 0.165 e. The Kier molecular flexibility index (Phi) is 7.64. The van der Waals surface area contributed by atoms with Crippen molar-refractivity contribution in [3.05, 3.63) is 188 Å². The van der Waals surface area contributed by atoms with Gasteiger partial charge in [-0.3, -0.25) is 0 Å². The van der Waals surface area contributed by atoms with E-state index in [9.17, 15) is 0 Å². The van der Waals surface area contributed by atoms with Crippen LogP contribution in [0.15, 0.2) is 192 Å². The van der Waals surface area contributed by atoms with Crippen molar-refractivity contribution in [3.63, 3.8) is 0 Å². The molecule has 0 saturated carbocycles. The number of fused-ring (bicyclic) bond motifs is 6. The highest BCUT2D eigenvalue weighted by Gasteiger charge is 2.19. The van der Waals surface area contributed by atoms with Crippen molar-refractivity contribution < 1.29 is 4.42 Å². The third-order valence-electron chi connectivity index (χ3n) is 10.6. The van der Waals surface area contributed by atoms with Gasteiger partial charge in [-0.25, -0.2) is 15.0 Å². The molecular formula is C51H31N3OS. The first-order valence-electron chi connectivity index (χ1n) is 18.7. The van der Waals surface area contributed by atoms with Crippen LogP contribution in [0.4, 0.5) is 0 Å². The van der Waals surface area contributed by atoms with Gasteiger partial charge in [0.15, 0.2) is 17.5 Å². The molecule has 262 valence electrons. The summed E-state index contributed by atoms with van der Waals surface area (Å²) < 4.78 is 8.81. The number of furan rings is 1. The van der Waals surface area contributed by atoms with Gasteiger partial charge in [-0.15, -0.1) is 11.3 Å². The summed E-state index contributed by atoms with van der Waals surface area (Å²) in [4.78, 5) is 15.3. The zero-order valence-electron chi connectivity index (χ0n) is 30.1. The van der Waals surface area contributed by atoms with Crippen molar-refractivity contribution in [1.82, 2.24) is 15.0 Å². The van der Waals surface area contributed by atoms with Crippen molar-refractivity contribution in [3.8, 4) is 67.5 Å². The van der Waals surface area contributed by atoms with Gasteiger partial charge in [0.1, 0.15) is 11.2 Å². The summed E-state index contributed by atoms with van der Waals surface area (Å²) in [6, 6.07) is 65.7. The number of para-hydroxylation sites is 1. The first kappa shape index (κ1) is 32.2. The molecule has 0 unspecified atom stereocenters. The van der Waals surface area contributed by atoms with Gasteiger partial charge in [-0.05, 0) is 63.7 Å². The zero-order valence-corrected chi connectivity index (χ0v) is 30.9. The van der Waals surface area contributed by atoms with Crippen molar-refractivity contribution in [2.75, 3.05) is 0 Å². The van der Waals surface area contributed by atoms with E-state index in [0.29, 0.717) is 17.5 Å². The van der Waals surface area contributed by atoms with Crippen LogP contribution in [0.25, 0.3) is 110 Å². The monoisotopic (exact) mass is 733 g/mol. The Balaban J connectivity index is 1.07. The van der Waals surface area contributed by atoms with E-state index in [4.69, 9.17) is 19.4 Å². The van der Waals surface area contributed by atoms with E-state index in [1.807, 2.05) is 36.4 Å². The molecule has 0 spiro atoms. The normalized spacial score (nSPS) is 11.6. The summed E-state index contributed by atoms with van der Waals surface area (Å²) in [6.07, 6.45) is 0. The highest BCUT2D eigenvalue weighted by Crippen LogP contribution is 2.44. The lowest BCUT2D eigenvalue weighted by Crippen LogP contribution is -2.00. The maximum Gasteiger partial charge on any atom is 0.165 e. The Morgan fingerprint density at radius 2 is 0.893 bits per heavy atom. The number of hydrogen-bond donors (Lipinski definition) is 0. The van der Waals surface area contributed by atoms with Crippen molar-refractivity contribution in [2.45, 2.75) is 0 Å². The molecule has 3 aromatic heterocycles. The summed E-state index contributed by atoms with van der Waals surface area (Å²) in [7, 11) is 0. The molecule has 3 heterocycles. The summed E-state index contributed by atoms with van der Waals surface area (Å²) in [5.41, 5.74) is 11.5. The third kappa shape index (κ3) is 5.56. The number of thiophene rings is 1. The van der Waals surface area contributed by atoms with Crippen LogP contribution in [0.1, 0.15) is 0 Å². The largest absolute Gasteiger partial charge is 0.456 e. The summed E-state index contributed by atoms with van der Waals surface area (Å²) >= 11 is 1.78. The Morgan fingerprint density at radius 1 is 0.339 bits per heavy atom. The molecule has 5 heteroatoms. The molecule has 0 bridgehead atoms. The van der Waals surface area contributed by atoms with E-state index in [0.717, 1.165) is 71.1 Å². The lowest BCUT2D eigenvalue weighted by molar-refractivity contribution is 0.669. The number of hydrogen-bond acceptors (Lipinski definition) is 5. The predicted octanol–water partition coefficient (Wildman–Crippen LogP) is 14.1. The molecule has 0 radical (unpaired) electrons. The minimum absolute atomic E-state index is 0.642. The maximum atomic E-state index is 6.47. The lowest BCUT2D eigenvalue weighted by Gasteiger charge is -2.10. The van der Waals surface area contributed by atoms with Crippen LogP contribution in [-0.2, 0) is 0 Å². The van der Waals surface area contributed by atoms with Crippen molar-refractivity contribution in [1.29, 1.82) is 0 Å². The van der Waals surface area contributed by atoms with Crippen LogP contribution >= 0.6 is 11.3 Å². The fourth-order valence-electron chi connectivity index (χ4n) is 7.81. The van der Waals surface area contributed by atoms with Crippen LogP contribution < -0.4 is 0 Å². The summed E-state index contributed by atoms with van der Waals surface area (Å²) in [5, 5.41) is 4.63. The molecule has 56 heavy (non-hydrogen) atoms. The fourth-order valence-corrected chi connectivity index (χ4v) is 9.06. The molecule has 11 aromatic rings. The Hall–Kier alpha value is -7.21. The lowest BCUT2D eigenvalue weighted by atomic mass is 9.94. The first-order chi connectivity index (χ1) is 27.7. The van der Waals surface area contributed by atoms with Crippen molar-refractivity contribution >= 4 is 53.4 Å². The van der Waals surface area contributed by atoms with Gasteiger partial charge in [0, 0.05) is 47.6 Å². The average Bonchev–Trinajstić information content (AvgIpc) is 3.85.